The Morgan fingerprint density at radius 2 is 1.76 bits per heavy atom. The topological polar surface area (TPSA) is 145 Å². The molecule has 0 radical (unpaired) electrons. The number of aryl methyl sites for hydroxylation is 2. The van der Waals surface area contributed by atoms with Crippen molar-refractivity contribution in [1.82, 2.24) is 5.32 Å². The zero-order valence-corrected chi connectivity index (χ0v) is 16.9. The number of rotatable bonds is 6. The van der Waals surface area contributed by atoms with Crippen LogP contribution in [0, 0.1) is 13.8 Å². The summed E-state index contributed by atoms with van der Waals surface area (Å²) in [5, 5.41) is 1.79. The molecule has 29 heavy (non-hydrogen) atoms. The fraction of sp³-hybridized carbons (Fsp3) is 0.211. The van der Waals surface area contributed by atoms with Gasteiger partial charge in [-0.25, -0.2) is 18.0 Å². The highest BCUT2D eigenvalue weighted by molar-refractivity contribution is 7.92. The molecule has 0 aliphatic heterocycles. The Morgan fingerprint density at radius 1 is 1.07 bits per heavy atom. The van der Waals surface area contributed by atoms with Crippen molar-refractivity contribution in [3.63, 3.8) is 0 Å². The highest BCUT2D eigenvalue weighted by Crippen LogP contribution is 2.22. The average molecular weight is 419 g/mol. The van der Waals surface area contributed by atoms with Crippen molar-refractivity contribution in [2.45, 2.75) is 31.8 Å². The molecule has 0 spiro atoms. The monoisotopic (exact) mass is 419 g/mol. The molecule has 0 aromatic heterocycles. The Bertz CT molecular complexity index is 1070. The van der Waals surface area contributed by atoms with Crippen molar-refractivity contribution in [2.75, 3.05) is 4.72 Å². The summed E-state index contributed by atoms with van der Waals surface area (Å²) in [5.74, 6) is -1.82. The van der Waals surface area contributed by atoms with Gasteiger partial charge in [0.1, 0.15) is 0 Å². The second-order valence-corrected chi connectivity index (χ2v) is 8.01. The molecule has 1 atom stereocenters. The molecular weight excluding hydrogens is 398 g/mol. The van der Waals surface area contributed by atoms with Gasteiger partial charge in [-0.1, -0.05) is 18.2 Å². The van der Waals surface area contributed by atoms with Crippen LogP contribution in [0.5, 0.6) is 0 Å². The van der Waals surface area contributed by atoms with Crippen LogP contribution in [0.15, 0.2) is 47.4 Å². The molecule has 0 aliphatic carbocycles. The number of nitrogens with one attached hydrogen (secondary N) is 2. The molecule has 0 heterocycles. The summed E-state index contributed by atoms with van der Waals surface area (Å²) in [4.78, 5) is 34.5. The SMILES string of the molecule is Cc1cccc(NS(=O)(=O)c2cc(C(=O)O[C@@H](C)C(=O)NC(N)=O)ccc2C)c1. The molecule has 154 valence electrons. The van der Waals surface area contributed by atoms with Crippen LogP contribution in [0.1, 0.15) is 28.4 Å². The van der Waals surface area contributed by atoms with Crippen molar-refractivity contribution in [3.8, 4) is 0 Å². The number of carbonyl (C=O) groups excluding carboxylic acids is 3. The van der Waals surface area contributed by atoms with Crippen LogP contribution in [0.4, 0.5) is 10.5 Å². The van der Waals surface area contributed by atoms with Gasteiger partial charge in [0.05, 0.1) is 10.5 Å². The smallest absolute Gasteiger partial charge is 0.338 e. The normalized spacial score (nSPS) is 12.0. The lowest BCUT2D eigenvalue weighted by Crippen LogP contribution is -2.42. The van der Waals surface area contributed by atoms with Gasteiger partial charge in [-0.15, -0.1) is 0 Å². The van der Waals surface area contributed by atoms with Crippen molar-refractivity contribution in [3.05, 3.63) is 59.2 Å². The summed E-state index contributed by atoms with van der Waals surface area (Å²) in [7, 11) is -3.98. The van der Waals surface area contributed by atoms with Crippen LogP contribution in [0.25, 0.3) is 0 Å². The number of hydrogen-bond donors (Lipinski definition) is 3. The Morgan fingerprint density at radius 3 is 2.38 bits per heavy atom. The minimum Gasteiger partial charge on any atom is -0.449 e. The van der Waals surface area contributed by atoms with Crippen molar-refractivity contribution in [1.29, 1.82) is 0 Å². The van der Waals surface area contributed by atoms with E-state index >= 15 is 0 Å². The van der Waals surface area contributed by atoms with E-state index in [9.17, 15) is 22.8 Å². The highest BCUT2D eigenvalue weighted by Gasteiger charge is 2.23. The minimum absolute atomic E-state index is 0.0704. The van der Waals surface area contributed by atoms with Gasteiger partial charge < -0.3 is 10.5 Å². The third kappa shape index (κ3) is 5.79. The third-order valence-electron chi connectivity index (χ3n) is 3.88. The maximum atomic E-state index is 12.8. The summed E-state index contributed by atoms with van der Waals surface area (Å²) >= 11 is 0. The van der Waals surface area contributed by atoms with E-state index in [0.29, 0.717) is 11.3 Å². The van der Waals surface area contributed by atoms with Gasteiger partial charge in [0, 0.05) is 5.69 Å². The van der Waals surface area contributed by atoms with E-state index in [1.54, 1.807) is 30.4 Å². The van der Waals surface area contributed by atoms with Crippen molar-refractivity contribution >= 4 is 33.6 Å². The fourth-order valence-corrected chi connectivity index (χ4v) is 3.76. The van der Waals surface area contributed by atoms with E-state index in [1.807, 2.05) is 13.0 Å². The van der Waals surface area contributed by atoms with Crippen LogP contribution >= 0.6 is 0 Å². The maximum absolute atomic E-state index is 12.8. The second-order valence-electron chi connectivity index (χ2n) is 6.36. The molecule has 2 aromatic carbocycles. The van der Waals surface area contributed by atoms with Crippen LogP contribution in [0.3, 0.4) is 0 Å². The molecule has 0 fully saturated rings. The zero-order valence-electron chi connectivity index (χ0n) is 16.1. The average Bonchev–Trinajstić information content (AvgIpc) is 2.60. The van der Waals surface area contributed by atoms with Gasteiger partial charge in [0.2, 0.25) is 0 Å². The third-order valence-corrected chi connectivity index (χ3v) is 5.41. The van der Waals surface area contributed by atoms with E-state index in [4.69, 9.17) is 10.5 Å². The number of sulfonamides is 1. The standard InChI is InChI=1S/C19H21N3O6S/c1-11-5-4-6-15(9-11)22-29(26,27)16-10-14(8-7-12(16)2)18(24)28-13(3)17(23)21-19(20)25/h4-10,13,22H,1-3H3,(H3,20,21,23,25)/t13-/m0/s1. The lowest BCUT2D eigenvalue weighted by molar-refractivity contribution is -0.127. The Hall–Kier alpha value is -3.40. The number of imide groups is 1. The van der Waals surface area contributed by atoms with Crippen LogP contribution in [0.2, 0.25) is 0 Å². The summed E-state index contributed by atoms with van der Waals surface area (Å²) < 4.78 is 33.0. The number of anilines is 1. The first-order valence-electron chi connectivity index (χ1n) is 8.51. The number of primary amides is 1. The van der Waals surface area contributed by atoms with Gasteiger partial charge in [0.15, 0.2) is 6.10 Å². The van der Waals surface area contributed by atoms with Crippen molar-refractivity contribution < 1.29 is 27.5 Å². The molecule has 10 heteroatoms. The molecule has 2 rings (SSSR count). The van der Waals surface area contributed by atoms with Gasteiger partial charge in [-0.05, 0) is 56.2 Å². The molecule has 0 aliphatic rings. The zero-order chi connectivity index (χ0) is 21.8. The molecule has 9 nitrogen and oxygen atoms in total. The molecule has 0 bridgehead atoms. The molecule has 2 aromatic rings. The first-order valence-corrected chi connectivity index (χ1v) is 9.99. The first kappa shape index (κ1) is 21.9. The second kappa shape index (κ2) is 8.74. The quantitative estimate of drug-likeness (QED) is 0.609. The highest BCUT2D eigenvalue weighted by atomic mass is 32.2. The van der Waals surface area contributed by atoms with Gasteiger partial charge in [0.25, 0.3) is 15.9 Å². The van der Waals surface area contributed by atoms with E-state index in [0.717, 1.165) is 11.6 Å². The summed E-state index contributed by atoms with van der Waals surface area (Å²) in [6.45, 7) is 4.67. The van der Waals surface area contributed by atoms with Gasteiger partial charge in [-0.2, -0.15) is 0 Å². The number of amides is 3. The summed E-state index contributed by atoms with van der Waals surface area (Å²) in [6, 6.07) is 9.73. The molecule has 0 saturated carbocycles. The summed E-state index contributed by atoms with van der Waals surface area (Å²) in [5.41, 5.74) is 6.45. The van der Waals surface area contributed by atoms with Crippen LogP contribution < -0.4 is 15.8 Å². The molecule has 0 saturated heterocycles. The minimum atomic E-state index is -3.98. The van der Waals surface area contributed by atoms with E-state index in [2.05, 4.69) is 4.72 Å². The van der Waals surface area contributed by atoms with Crippen LogP contribution in [-0.2, 0) is 19.6 Å². The molecule has 0 unspecified atom stereocenters. The van der Waals surface area contributed by atoms with Gasteiger partial charge in [-0.3, -0.25) is 14.8 Å². The lowest BCUT2D eigenvalue weighted by atomic mass is 10.1. The van der Waals surface area contributed by atoms with Crippen molar-refractivity contribution in [2.24, 2.45) is 5.73 Å². The molecular formula is C19H21N3O6S. The van der Waals surface area contributed by atoms with E-state index < -0.39 is 34.0 Å². The maximum Gasteiger partial charge on any atom is 0.338 e. The lowest BCUT2D eigenvalue weighted by Gasteiger charge is -2.14. The predicted molar refractivity (Wildman–Crippen MR) is 106 cm³/mol. The Kier molecular flexibility index (Phi) is 6.60. The number of carbonyl (C=O) groups is 3. The Balaban J connectivity index is 2.25. The number of ether oxygens (including phenoxy) is 1. The number of esters is 1. The Labute approximate surface area is 168 Å². The summed E-state index contributed by atoms with van der Waals surface area (Å²) in [6.07, 6.45) is -1.30. The van der Waals surface area contributed by atoms with E-state index in [-0.39, 0.29) is 10.5 Å². The van der Waals surface area contributed by atoms with Gasteiger partial charge >= 0.3 is 12.0 Å². The number of nitrogens with two attached hydrogens (primary N) is 1. The predicted octanol–water partition coefficient (Wildman–Crippen LogP) is 1.84. The van der Waals surface area contributed by atoms with Crippen LogP contribution in [-0.4, -0.2) is 32.4 Å². The number of urea groups is 1. The molecule has 4 N–H and O–H groups in total. The number of hydrogen-bond acceptors (Lipinski definition) is 6. The molecule has 3 amide bonds. The number of benzene rings is 2. The largest absolute Gasteiger partial charge is 0.449 e. The first-order chi connectivity index (χ1) is 13.5. The fourth-order valence-electron chi connectivity index (χ4n) is 2.44. The van der Waals surface area contributed by atoms with E-state index in [1.165, 1.54) is 19.1 Å².